The maximum atomic E-state index is 9.40. The molecule has 0 aromatic carbocycles. The van der Waals surface area contributed by atoms with Gasteiger partial charge in [0.2, 0.25) is 0 Å². The van der Waals surface area contributed by atoms with Gasteiger partial charge in [-0.3, -0.25) is 0 Å². The van der Waals surface area contributed by atoms with Gasteiger partial charge in [-0.2, -0.15) is 0 Å². The van der Waals surface area contributed by atoms with Crippen LogP contribution in [0.2, 0.25) is 0 Å². The minimum atomic E-state index is -0.396. The topological polar surface area (TPSA) is 40.5 Å². The maximum absolute atomic E-state index is 9.40. The molecule has 2 unspecified atom stereocenters. The van der Waals surface area contributed by atoms with Crippen LogP contribution in [0.15, 0.2) is 0 Å². The van der Waals surface area contributed by atoms with E-state index in [1.54, 1.807) is 6.92 Å². The largest absolute Gasteiger partial charge is 0.393 e. The van der Waals surface area contributed by atoms with E-state index in [0.29, 0.717) is 6.42 Å². The highest BCUT2D eigenvalue weighted by atomic mass is 16.3. The minimum absolute atomic E-state index is 0.147. The molecule has 0 radical (unpaired) electrons. The van der Waals surface area contributed by atoms with Crippen molar-refractivity contribution in [3.63, 3.8) is 0 Å². The van der Waals surface area contributed by atoms with Gasteiger partial charge in [0.1, 0.15) is 0 Å². The molecule has 2 N–H and O–H groups in total. The number of hydrogen-bond acceptors (Lipinski definition) is 2. The third kappa shape index (κ3) is 7.82. The Bertz CT molecular complexity index is 103. The third-order valence-corrected chi connectivity index (χ3v) is 1.46. The van der Waals surface area contributed by atoms with Crippen LogP contribution in [-0.4, -0.2) is 22.4 Å². The van der Waals surface area contributed by atoms with Crippen molar-refractivity contribution in [3.8, 4) is 0 Å². The van der Waals surface area contributed by atoms with Crippen molar-refractivity contribution in [1.82, 2.24) is 0 Å². The highest BCUT2D eigenvalue weighted by molar-refractivity contribution is 4.69. The molecule has 0 rings (SSSR count). The third-order valence-electron chi connectivity index (χ3n) is 1.46. The van der Waals surface area contributed by atoms with Gasteiger partial charge in [-0.1, -0.05) is 20.8 Å². The summed E-state index contributed by atoms with van der Waals surface area (Å²) in [4.78, 5) is 0. The van der Waals surface area contributed by atoms with Crippen LogP contribution in [0.5, 0.6) is 0 Å². The molecule has 0 saturated carbocycles. The van der Waals surface area contributed by atoms with Crippen molar-refractivity contribution in [3.05, 3.63) is 0 Å². The Kier molecular flexibility index (Phi) is 4.04. The lowest BCUT2D eigenvalue weighted by molar-refractivity contribution is 0.0628. The predicted molar refractivity (Wildman–Crippen MR) is 46.4 cm³/mol. The van der Waals surface area contributed by atoms with Crippen LogP contribution in [0.1, 0.15) is 40.5 Å². The lowest BCUT2D eigenvalue weighted by Crippen LogP contribution is -2.21. The highest BCUT2D eigenvalue weighted by Crippen LogP contribution is 2.22. The van der Waals surface area contributed by atoms with Crippen LogP contribution in [-0.2, 0) is 0 Å². The van der Waals surface area contributed by atoms with Gasteiger partial charge in [-0.25, -0.2) is 0 Å². The van der Waals surface area contributed by atoms with Crippen LogP contribution in [0.3, 0.4) is 0 Å². The van der Waals surface area contributed by atoms with Crippen molar-refractivity contribution < 1.29 is 10.2 Å². The predicted octanol–water partition coefficient (Wildman–Crippen LogP) is 1.55. The van der Waals surface area contributed by atoms with Gasteiger partial charge in [0.25, 0.3) is 0 Å². The van der Waals surface area contributed by atoms with E-state index in [0.717, 1.165) is 6.42 Å². The molecule has 0 aliphatic rings. The fraction of sp³-hybridized carbons (Fsp3) is 1.00. The molecular weight excluding hydrogens is 140 g/mol. The number of rotatable bonds is 3. The molecule has 0 saturated heterocycles. The zero-order chi connectivity index (χ0) is 9.07. The average Bonchev–Trinajstić information content (AvgIpc) is 1.53. The Hall–Kier alpha value is -0.0800. The summed E-state index contributed by atoms with van der Waals surface area (Å²) in [6.45, 7) is 7.95. The number of aliphatic hydroxyl groups excluding tert-OH is 2. The summed E-state index contributed by atoms with van der Waals surface area (Å²) in [5, 5.41) is 18.4. The van der Waals surface area contributed by atoms with Crippen molar-refractivity contribution in [1.29, 1.82) is 0 Å². The van der Waals surface area contributed by atoms with Gasteiger partial charge in [0.05, 0.1) is 12.2 Å². The highest BCUT2D eigenvalue weighted by Gasteiger charge is 2.17. The zero-order valence-electron chi connectivity index (χ0n) is 7.96. The van der Waals surface area contributed by atoms with E-state index in [4.69, 9.17) is 5.11 Å². The van der Waals surface area contributed by atoms with E-state index in [2.05, 4.69) is 20.8 Å². The first-order valence-electron chi connectivity index (χ1n) is 4.17. The molecule has 0 aromatic rings. The second-order valence-corrected chi connectivity index (χ2v) is 4.50. The summed E-state index contributed by atoms with van der Waals surface area (Å²) in [6.07, 6.45) is 0.470. The fourth-order valence-corrected chi connectivity index (χ4v) is 1.18. The molecule has 0 fully saturated rings. The summed E-state index contributed by atoms with van der Waals surface area (Å²) >= 11 is 0. The van der Waals surface area contributed by atoms with Gasteiger partial charge in [0.15, 0.2) is 0 Å². The summed E-state index contributed by atoms with van der Waals surface area (Å²) in [5.41, 5.74) is 0.147. The SMILES string of the molecule is CC(O)CC(O)CC(C)(C)C. The van der Waals surface area contributed by atoms with Crippen LogP contribution in [0, 0.1) is 5.41 Å². The molecule has 2 nitrogen and oxygen atoms in total. The first-order chi connectivity index (χ1) is 4.81. The van der Waals surface area contributed by atoms with E-state index in [9.17, 15) is 5.11 Å². The lowest BCUT2D eigenvalue weighted by Gasteiger charge is -2.22. The van der Waals surface area contributed by atoms with E-state index in [-0.39, 0.29) is 11.5 Å². The second kappa shape index (κ2) is 4.07. The van der Waals surface area contributed by atoms with E-state index < -0.39 is 6.10 Å². The lowest BCUT2D eigenvalue weighted by atomic mass is 9.88. The molecule has 0 spiro atoms. The summed E-state index contributed by atoms with van der Waals surface area (Å²) in [6, 6.07) is 0. The molecule has 68 valence electrons. The van der Waals surface area contributed by atoms with Gasteiger partial charge >= 0.3 is 0 Å². The standard InChI is InChI=1S/C9H20O2/c1-7(10)5-8(11)6-9(2,3)4/h7-8,10-11H,5-6H2,1-4H3. The second-order valence-electron chi connectivity index (χ2n) is 4.50. The van der Waals surface area contributed by atoms with E-state index in [1.807, 2.05) is 0 Å². The molecular formula is C9H20O2. The molecule has 0 heterocycles. The number of aliphatic hydroxyl groups is 2. The molecule has 2 heteroatoms. The fourth-order valence-electron chi connectivity index (χ4n) is 1.18. The normalized spacial score (nSPS) is 18.0. The van der Waals surface area contributed by atoms with Crippen LogP contribution >= 0.6 is 0 Å². The molecule has 0 amide bonds. The van der Waals surface area contributed by atoms with E-state index >= 15 is 0 Å². The Labute approximate surface area is 69.2 Å². The minimum Gasteiger partial charge on any atom is -0.393 e. The summed E-state index contributed by atoms with van der Waals surface area (Å²) in [7, 11) is 0. The van der Waals surface area contributed by atoms with Crippen LogP contribution in [0.25, 0.3) is 0 Å². The van der Waals surface area contributed by atoms with Gasteiger partial charge in [-0.15, -0.1) is 0 Å². The van der Waals surface area contributed by atoms with Crippen LogP contribution in [0.4, 0.5) is 0 Å². The molecule has 2 atom stereocenters. The zero-order valence-corrected chi connectivity index (χ0v) is 7.96. The van der Waals surface area contributed by atoms with Gasteiger partial charge in [0, 0.05) is 0 Å². The Morgan fingerprint density at radius 3 is 1.91 bits per heavy atom. The molecule has 0 aliphatic carbocycles. The molecule has 0 aliphatic heterocycles. The van der Waals surface area contributed by atoms with E-state index in [1.165, 1.54) is 0 Å². The number of hydrogen-bond donors (Lipinski definition) is 2. The first-order valence-corrected chi connectivity index (χ1v) is 4.17. The van der Waals surface area contributed by atoms with Gasteiger partial charge in [-0.05, 0) is 25.2 Å². The van der Waals surface area contributed by atoms with Crippen molar-refractivity contribution >= 4 is 0 Å². The smallest absolute Gasteiger partial charge is 0.0569 e. The molecule has 0 bridgehead atoms. The Morgan fingerprint density at radius 1 is 1.18 bits per heavy atom. The molecule has 11 heavy (non-hydrogen) atoms. The summed E-state index contributed by atoms with van der Waals surface area (Å²) in [5.74, 6) is 0. The maximum Gasteiger partial charge on any atom is 0.0569 e. The van der Waals surface area contributed by atoms with Crippen molar-refractivity contribution in [2.45, 2.75) is 52.7 Å². The monoisotopic (exact) mass is 160 g/mol. The van der Waals surface area contributed by atoms with Gasteiger partial charge < -0.3 is 10.2 Å². The van der Waals surface area contributed by atoms with Crippen molar-refractivity contribution in [2.75, 3.05) is 0 Å². The first kappa shape index (κ1) is 10.9. The Morgan fingerprint density at radius 2 is 1.64 bits per heavy atom. The summed E-state index contributed by atoms with van der Waals surface area (Å²) < 4.78 is 0. The van der Waals surface area contributed by atoms with Crippen molar-refractivity contribution in [2.24, 2.45) is 5.41 Å². The average molecular weight is 160 g/mol. The Balaban J connectivity index is 3.61. The quantitative estimate of drug-likeness (QED) is 0.657. The molecule has 0 aromatic heterocycles. The van der Waals surface area contributed by atoms with Crippen LogP contribution < -0.4 is 0 Å².